The fraction of sp³-hybridized carbons (Fsp3) is 0.0588. The van der Waals surface area contributed by atoms with Crippen molar-refractivity contribution < 1.29 is 4.79 Å². The maximum atomic E-state index is 12.0. The predicted octanol–water partition coefficient (Wildman–Crippen LogP) is 2.99. The van der Waals surface area contributed by atoms with Crippen molar-refractivity contribution in [2.24, 2.45) is 0 Å². The lowest BCUT2D eigenvalue weighted by molar-refractivity contribution is -0.113. The Morgan fingerprint density at radius 2 is 1.74 bits per heavy atom. The van der Waals surface area contributed by atoms with E-state index in [4.69, 9.17) is 5.84 Å². The van der Waals surface area contributed by atoms with E-state index in [-0.39, 0.29) is 11.7 Å². The van der Waals surface area contributed by atoms with Crippen molar-refractivity contribution in [3.8, 4) is 11.3 Å². The highest BCUT2D eigenvalue weighted by atomic mass is 32.2. The molecule has 0 bridgehead atoms. The van der Waals surface area contributed by atoms with Crippen LogP contribution in [0, 0.1) is 0 Å². The molecular weight excluding hydrogens is 308 g/mol. The second-order valence-corrected chi connectivity index (χ2v) is 5.83. The van der Waals surface area contributed by atoms with Crippen molar-refractivity contribution in [1.29, 1.82) is 0 Å². The Balaban J connectivity index is 1.62. The third kappa shape index (κ3) is 3.92. The van der Waals surface area contributed by atoms with Gasteiger partial charge in [-0.2, -0.15) is 0 Å². The fourth-order valence-corrected chi connectivity index (χ4v) is 2.78. The number of carbonyl (C=O) groups is 1. The molecule has 0 radical (unpaired) electrons. The van der Waals surface area contributed by atoms with Crippen LogP contribution in [0.25, 0.3) is 11.3 Å². The zero-order valence-corrected chi connectivity index (χ0v) is 13.2. The highest BCUT2D eigenvalue weighted by molar-refractivity contribution is 7.99. The molecule has 3 rings (SSSR count). The molecule has 0 saturated heterocycles. The molecule has 3 N–H and O–H groups in total. The van der Waals surface area contributed by atoms with Crippen LogP contribution in [0.15, 0.2) is 72.0 Å². The van der Waals surface area contributed by atoms with Crippen molar-refractivity contribution in [2.75, 3.05) is 16.9 Å². The van der Waals surface area contributed by atoms with Crippen LogP contribution in [0.1, 0.15) is 0 Å². The first kappa shape index (κ1) is 15.2. The second kappa shape index (κ2) is 7.02. The first-order valence-electron chi connectivity index (χ1n) is 7.10. The molecule has 2 aromatic carbocycles. The summed E-state index contributed by atoms with van der Waals surface area (Å²) in [6.07, 6.45) is 1.76. The van der Waals surface area contributed by atoms with Gasteiger partial charge in [0, 0.05) is 11.3 Å². The SMILES string of the molecule is Nn1cc(-c2ccccc2)nc1SCC(=O)Nc1ccccc1. The lowest BCUT2D eigenvalue weighted by atomic mass is 10.2. The van der Waals surface area contributed by atoms with E-state index in [1.807, 2.05) is 60.7 Å². The summed E-state index contributed by atoms with van der Waals surface area (Å²) in [4.78, 5) is 16.4. The van der Waals surface area contributed by atoms with E-state index in [0.29, 0.717) is 5.16 Å². The van der Waals surface area contributed by atoms with Gasteiger partial charge in [0.25, 0.3) is 0 Å². The highest BCUT2D eigenvalue weighted by Crippen LogP contribution is 2.22. The molecular formula is C17H16N4OS. The molecule has 0 atom stereocenters. The van der Waals surface area contributed by atoms with E-state index in [9.17, 15) is 4.79 Å². The number of imidazole rings is 1. The van der Waals surface area contributed by atoms with Crippen LogP contribution in [0.3, 0.4) is 0 Å². The highest BCUT2D eigenvalue weighted by Gasteiger charge is 2.11. The molecule has 3 aromatic rings. The summed E-state index contributed by atoms with van der Waals surface area (Å²) in [6.45, 7) is 0. The molecule has 1 heterocycles. The molecule has 0 aliphatic carbocycles. The molecule has 116 valence electrons. The number of anilines is 1. The van der Waals surface area contributed by atoms with Gasteiger partial charge in [-0.1, -0.05) is 60.3 Å². The van der Waals surface area contributed by atoms with Crippen LogP contribution in [0.2, 0.25) is 0 Å². The average molecular weight is 324 g/mol. The molecule has 5 nitrogen and oxygen atoms in total. The topological polar surface area (TPSA) is 72.9 Å². The molecule has 0 saturated carbocycles. The minimum absolute atomic E-state index is 0.0922. The summed E-state index contributed by atoms with van der Waals surface area (Å²) in [6, 6.07) is 19.1. The third-order valence-corrected chi connectivity index (χ3v) is 4.12. The van der Waals surface area contributed by atoms with Crippen LogP contribution in [-0.4, -0.2) is 21.3 Å². The lowest BCUT2D eigenvalue weighted by Crippen LogP contribution is -2.15. The lowest BCUT2D eigenvalue weighted by Gasteiger charge is -2.04. The zero-order valence-electron chi connectivity index (χ0n) is 12.3. The maximum Gasteiger partial charge on any atom is 0.234 e. The van der Waals surface area contributed by atoms with E-state index in [1.54, 1.807) is 6.20 Å². The first-order valence-corrected chi connectivity index (χ1v) is 8.08. The fourth-order valence-electron chi connectivity index (χ4n) is 2.08. The number of thioether (sulfide) groups is 1. The number of para-hydroxylation sites is 1. The largest absolute Gasteiger partial charge is 0.337 e. The quantitative estimate of drug-likeness (QED) is 0.559. The van der Waals surface area contributed by atoms with Crippen molar-refractivity contribution in [1.82, 2.24) is 9.66 Å². The minimum Gasteiger partial charge on any atom is -0.337 e. The van der Waals surface area contributed by atoms with Gasteiger partial charge in [-0.05, 0) is 12.1 Å². The van der Waals surface area contributed by atoms with Crippen LogP contribution in [0.5, 0.6) is 0 Å². The van der Waals surface area contributed by atoms with Gasteiger partial charge < -0.3 is 11.2 Å². The third-order valence-electron chi connectivity index (χ3n) is 3.16. The van der Waals surface area contributed by atoms with Gasteiger partial charge in [-0.25, -0.2) is 9.66 Å². The normalized spacial score (nSPS) is 10.4. The van der Waals surface area contributed by atoms with Gasteiger partial charge in [-0.3, -0.25) is 4.79 Å². The zero-order chi connectivity index (χ0) is 16.1. The molecule has 1 amide bonds. The summed E-state index contributed by atoms with van der Waals surface area (Å²) in [5.41, 5.74) is 2.56. The summed E-state index contributed by atoms with van der Waals surface area (Å²) in [5, 5.41) is 3.44. The molecule has 0 spiro atoms. The van der Waals surface area contributed by atoms with Gasteiger partial charge in [0.05, 0.1) is 17.6 Å². The molecule has 0 fully saturated rings. The molecule has 1 aromatic heterocycles. The van der Waals surface area contributed by atoms with Gasteiger partial charge in [0.1, 0.15) is 0 Å². The van der Waals surface area contributed by atoms with E-state index < -0.39 is 0 Å². The number of aromatic nitrogens is 2. The van der Waals surface area contributed by atoms with Crippen LogP contribution in [-0.2, 0) is 4.79 Å². The second-order valence-electron chi connectivity index (χ2n) is 4.88. The average Bonchev–Trinajstić information content (AvgIpc) is 2.96. The number of nitrogens with one attached hydrogen (secondary N) is 1. The summed E-state index contributed by atoms with van der Waals surface area (Å²) >= 11 is 1.30. The number of hydrogen-bond acceptors (Lipinski definition) is 4. The number of nitrogens with zero attached hydrogens (tertiary/aromatic N) is 2. The molecule has 0 unspecified atom stereocenters. The standard InChI is InChI=1S/C17H16N4OS/c18-21-11-15(13-7-3-1-4-8-13)20-17(21)23-12-16(22)19-14-9-5-2-6-10-14/h1-11H,12,18H2,(H,19,22). The Morgan fingerprint density at radius 1 is 1.09 bits per heavy atom. The van der Waals surface area contributed by atoms with Crippen LogP contribution in [0.4, 0.5) is 5.69 Å². The smallest absolute Gasteiger partial charge is 0.234 e. The van der Waals surface area contributed by atoms with Crippen molar-refractivity contribution in [3.63, 3.8) is 0 Å². The van der Waals surface area contributed by atoms with Crippen LogP contribution < -0.4 is 11.2 Å². The van der Waals surface area contributed by atoms with Crippen molar-refractivity contribution >= 4 is 23.4 Å². The van der Waals surface area contributed by atoms with E-state index in [0.717, 1.165) is 16.9 Å². The molecule has 23 heavy (non-hydrogen) atoms. The van der Waals surface area contributed by atoms with Crippen LogP contribution >= 0.6 is 11.8 Å². The Kier molecular flexibility index (Phi) is 4.63. The van der Waals surface area contributed by atoms with Crippen molar-refractivity contribution in [2.45, 2.75) is 5.16 Å². The number of rotatable bonds is 5. The number of benzene rings is 2. The number of hydrogen-bond donors (Lipinski definition) is 2. The Hall–Kier alpha value is -2.73. The van der Waals surface area contributed by atoms with E-state index >= 15 is 0 Å². The van der Waals surface area contributed by atoms with Gasteiger partial charge in [-0.15, -0.1) is 0 Å². The Labute approximate surface area is 138 Å². The van der Waals surface area contributed by atoms with Gasteiger partial charge in [0.15, 0.2) is 5.16 Å². The summed E-state index contributed by atoms with van der Waals surface area (Å²) in [5.74, 6) is 6.07. The number of amides is 1. The molecule has 0 aliphatic heterocycles. The molecule has 0 aliphatic rings. The van der Waals surface area contributed by atoms with Crippen molar-refractivity contribution in [3.05, 3.63) is 66.9 Å². The number of nitrogen functional groups attached to an aromatic ring is 1. The Morgan fingerprint density at radius 3 is 2.43 bits per heavy atom. The van der Waals surface area contributed by atoms with E-state index in [2.05, 4.69) is 10.3 Å². The maximum absolute atomic E-state index is 12.0. The summed E-state index contributed by atoms with van der Waals surface area (Å²) < 4.78 is 1.45. The van der Waals surface area contributed by atoms with Gasteiger partial charge >= 0.3 is 0 Å². The number of carbonyl (C=O) groups excluding carboxylic acids is 1. The molecule has 6 heteroatoms. The minimum atomic E-state index is -0.0922. The first-order chi connectivity index (χ1) is 11.2. The number of nitrogens with two attached hydrogens (primary N) is 1. The predicted molar refractivity (Wildman–Crippen MR) is 93.6 cm³/mol. The Bertz CT molecular complexity index is 787. The van der Waals surface area contributed by atoms with E-state index in [1.165, 1.54) is 16.4 Å². The summed E-state index contributed by atoms with van der Waals surface area (Å²) in [7, 11) is 0. The monoisotopic (exact) mass is 324 g/mol. The van der Waals surface area contributed by atoms with Gasteiger partial charge in [0.2, 0.25) is 5.91 Å².